The van der Waals surface area contributed by atoms with E-state index in [-0.39, 0.29) is 0 Å². The molecule has 1 aromatic heterocycles. The van der Waals surface area contributed by atoms with E-state index >= 15 is 0 Å². The summed E-state index contributed by atoms with van der Waals surface area (Å²) in [6, 6.07) is 0.401. The molecule has 19 heavy (non-hydrogen) atoms. The van der Waals surface area contributed by atoms with Crippen molar-refractivity contribution in [3.05, 3.63) is 16.1 Å². The van der Waals surface area contributed by atoms with Gasteiger partial charge < -0.3 is 5.32 Å². The van der Waals surface area contributed by atoms with E-state index in [1.165, 1.54) is 62.1 Å². The zero-order valence-corrected chi connectivity index (χ0v) is 13.3. The van der Waals surface area contributed by atoms with Gasteiger partial charge in [0, 0.05) is 17.3 Å². The second kappa shape index (κ2) is 8.01. The molecular weight excluding hydrogens is 252 g/mol. The number of thiazole rings is 1. The summed E-state index contributed by atoms with van der Waals surface area (Å²) in [4.78, 5) is 4.92. The highest BCUT2D eigenvalue weighted by Gasteiger charge is 2.18. The van der Waals surface area contributed by atoms with E-state index in [0.717, 1.165) is 12.5 Å². The molecule has 0 spiro atoms. The maximum atomic E-state index is 4.92. The van der Waals surface area contributed by atoms with Crippen molar-refractivity contribution in [2.75, 3.05) is 6.54 Å². The number of nitrogens with one attached hydrogen (secondary N) is 1. The lowest BCUT2D eigenvalue weighted by Crippen LogP contribution is -2.19. The molecule has 3 heteroatoms. The Hall–Kier alpha value is -0.410. The van der Waals surface area contributed by atoms with Gasteiger partial charge in [0.2, 0.25) is 0 Å². The molecule has 2 rings (SSSR count). The summed E-state index contributed by atoms with van der Waals surface area (Å²) in [7, 11) is 0. The highest BCUT2D eigenvalue weighted by molar-refractivity contribution is 7.09. The molecule has 1 atom stereocenters. The average Bonchev–Trinajstić information content (AvgIpc) is 2.85. The van der Waals surface area contributed by atoms with Gasteiger partial charge >= 0.3 is 0 Å². The van der Waals surface area contributed by atoms with Crippen LogP contribution in [0.25, 0.3) is 0 Å². The van der Waals surface area contributed by atoms with Crippen LogP contribution in [0.2, 0.25) is 0 Å². The third-order valence-corrected chi connectivity index (χ3v) is 5.16. The molecular formula is C16H28N2S. The van der Waals surface area contributed by atoms with Gasteiger partial charge in [0.1, 0.15) is 0 Å². The molecule has 1 unspecified atom stereocenters. The van der Waals surface area contributed by atoms with Crippen molar-refractivity contribution in [2.24, 2.45) is 0 Å². The minimum atomic E-state index is 0.401. The maximum Gasteiger partial charge on any atom is 0.0959 e. The summed E-state index contributed by atoms with van der Waals surface area (Å²) in [6.07, 6.45) is 10.9. The van der Waals surface area contributed by atoms with E-state index < -0.39 is 0 Å². The Kier molecular flexibility index (Phi) is 6.32. The molecule has 1 N–H and O–H groups in total. The molecule has 1 heterocycles. The van der Waals surface area contributed by atoms with Crippen molar-refractivity contribution in [1.29, 1.82) is 0 Å². The smallest absolute Gasteiger partial charge is 0.0959 e. The van der Waals surface area contributed by atoms with Gasteiger partial charge in [-0.25, -0.2) is 4.98 Å². The zero-order valence-electron chi connectivity index (χ0n) is 12.5. The minimum absolute atomic E-state index is 0.401. The lowest BCUT2D eigenvalue weighted by Gasteiger charge is -2.17. The molecule has 108 valence electrons. The van der Waals surface area contributed by atoms with Crippen molar-refractivity contribution in [2.45, 2.75) is 77.2 Å². The predicted octanol–water partition coefficient (Wildman–Crippen LogP) is 5.03. The van der Waals surface area contributed by atoms with Crippen LogP contribution in [-0.2, 0) is 0 Å². The highest BCUT2D eigenvalue weighted by atomic mass is 32.1. The second-order valence-electron chi connectivity index (χ2n) is 5.83. The summed E-state index contributed by atoms with van der Waals surface area (Å²) in [6.45, 7) is 5.52. The van der Waals surface area contributed by atoms with Crippen LogP contribution < -0.4 is 5.32 Å². The molecule has 1 fully saturated rings. The topological polar surface area (TPSA) is 24.9 Å². The summed E-state index contributed by atoms with van der Waals surface area (Å²) >= 11 is 1.88. The fourth-order valence-corrected chi connectivity index (χ4v) is 3.94. The van der Waals surface area contributed by atoms with Crippen molar-refractivity contribution in [3.8, 4) is 0 Å². The van der Waals surface area contributed by atoms with E-state index in [1.54, 1.807) is 0 Å². The Balaban J connectivity index is 1.94. The first kappa shape index (κ1) is 15.0. The third kappa shape index (κ3) is 4.57. The van der Waals surface area contributed by atoms with Crippen LogP contribution in [0.3, 0.4) is 0 Å². The Morgan fingerprint density at radius 2 is 1.95 bits per heavy atom. The molecule has 0 bridgehead atoms. The van der Waals surface area contributed by atoms with Gasteiger partial charge in [-0.3, -0.25) is 0 Å². The molecule has 2 nitrogen and oxygen atoms in total. The Morgan fingerprint density at radius 1 is 1.26 bits per heavy atom. The summed E-state index contributed by atoms with van der Waals surface area (Å²) < 4.78 is 0. The van der Waals surface area contributed by atoms with E-state index in [4.69, 9.17) is 4.98 Å². The van der Waals surface area contributed by atoms with Crippen molar-refractivity contribution >= 4 is 11.3 Å². The van der Waals surface area contributed by atoms with Crippen LogP contribution >= 0.6 is 11.3 Å². The first-order valence-corrected chi connectivity index (χ1v) is 8.88. The molecule has 0 radical (unpaired) electrons. The monoisotopic (exact) mass is 280 g/mol. The van der Waals surface area contributed by atoms with Crippen LogP contribution in [0.15, 0.2) is 5.38 Å². The Labute approximate surface area is 122 Å². The SMILES string of the molecule is CCCNC(C)c1csc(C2CCCCCCC2)n1. The van der Waals surface area contributed by atoms with Gasteiger partial charge in [0.25, 0.3) is 0 Å². The average molecular weight is 280 g/mol. The van der Waals surface area contributed by atoms with Crippen LogP contribution in [0.1, 0.15) is 87.9 Å². The first-order valence-electron chi connectivity index (χ1n) is 8.00. The molecule has 0 amide bonds. The quantitative estimate of drug-likeness (QED) is 0.818. The Morgan fingerprint density at radius 3 is 2.63 bits per heavy atom. The molecule has 1 aliphatic carbocycles. The lowest BCUT2D eigenvalue weighted by atomic mass is 9.92. The van der Waals surface area contributed by atoms with E-state index in [9.17, 15) is 0 Å². The summed E-state index contributed by atoms with van der Waals surface area (Å²) in [5.74, 6) is 0.734. The zero-order chi connectivity index (χ0) is 13.5. The van der Waals surface area contributed by atoms with Crippen molar-refractivity contribution in [3.63, 3.8) is 0 Å². The minimum Gasteiger partial charge on any atom is -0.309 e. The largest absolute Gasteiger partial charge is 0.309 e. The second-order valence-corrected chi connectivity index (χ2v) is 6.72. The van der Waals surface area contributed by atoms with Crippen LogP contribution in [0.5, 0.6) is 0 Å². The standard InChI is InChI=1S/C16H28N2S/c1-3-11-17-13(2)15-12-19-16(18-15)14-9-7-5-4-6-8-10-14/h12-14,17H,3-11H2,1-2H3. The molecule has 0 aliphatic heterocycles. The van der Waals surface area contributed by atoms with Gasteiger partial charge in [-0.15, -0.1) is 11.3 Å². The van der Waals surface area contributed by atoms with E-state index in [1.807, 2.05) is 11.3 Å². The van der Waals surface area contributed by atoms with Crippen LogP contribution in [0, 0.1) is 0 Å². The normalized spacial score (nSPS) is 19.9. The van der Waals surface area contributed by atoms with Gasteiger partial charge in [0.15, 0.2) is 0 Å². The maximum absolute atomic E-state index is 4.92. The van der Waals surface area contributed by atoms with E-state index in [0.29, 0.717) is 6.04 Å². The number of aromatic nitrogens is 1. The number of hydrogen-bond acceptors (Lipinski definition) is 3. The number of nitrogens with zero attached hydrogens (tertiary/aromatic N) is 1. The fraction of sp³-hybridized carbons (Fsp3) is 0.812. The highest BCUT2D eigenvalue weighted by Crippen LogP contribution is 2.33. The summed E-state index contributed by atoms with van der Waals surface area (Å²) in [5, 5.41) is 7.19. The predicted molar refractivity (Wildman–Crippen MR) is 83.9 cm³/mol. The van der Waals surface area contributed by atoms with Crippen molar-refractivity contribution < 1.29 is 0 Å². The number of hydrogen-bond donors (Lipinski definition) is 1. The van der Waals surface area contributed by atoms with Crippen LogP contribution in [-0.4, -0.2) is 11.5 Å². The van der Waals surface area contributed by atoms with Gasteiger partial charge in [-0.2, -0.15) is 0 Å². The van der Waals surface area contributed by atoms with Gasteiger partial charge in [-0.05, 0) is 32.7 Å². The lowest BCUT2D eigenvalue weighted by molar-refractivity contribution is 0.453. The number of rotatable bonds is 5. The third-order valence-electron chi connectivity index (χ3n) is 4.14. The summed E-state index contributed by atoms with van der Waals surface area (Å²) in [5.41, 5.74) is 1.25. The van der Waals surface area contributed by atoms with Gasteiger partial charge in [0.05, 0.1) is 10.7 Å². The van der Waals surface area contributed by atoms with Gasteiger partial charge in [-0.1, -0.05) is 39.0 Å². The van der Waals surface area contributed by atoms with Crippen molar-refractivity contribution in [1.82, 2.24) is 10.3 Å². The van der Waals surface area contributed by atoms with Crippen LogP contribution in [0.4, 0.5) is 0 Å². The molecule has 0 aromatic carbocycles. The first-order chi connectivity index (χ1) is 9.31. The molecule has 0 saturated heterocycles. The molecule has 1 aliphatic rings. The molecule has 1 aromatic rings. The van der Waals surface area contributed by atoms with E-state index in [2.05, 4.69) is 24.5 Å². The fourth-order valence-electron chi connectivity index (χ4n) is 2.86. The molecule has 1 saturated carbocycles. The Bertz CT molecular complexity index is 353.